The smallest absolute Gasteiger partial charge is 0.327 e. The molecule has 3 heterocycles. The number of rotatable bonds is 1. The van der Waals surface area contributed by atoms with E-state index in [4.69, 9.17) is 9.57 Å². The van der Waals surface area contributed by atoms with Crippen molar-refractivity contribution in [3.8, 4) is 0 Å². The molecule has 1 spiro atoms. The minimum atomic E-state index is -1.10. The molecule has 2 aromatic carbocycles. The number of amides is 1. The fourth-order valence-corrected chi connectivity index (χ4v) is 4.80. The number of cyclic esters (lactones) is 1. The first-order chi connectivity index (χ1) is 13.1. The molecule has 3 aliphatic rings. The molecule has 0 bridgehead atoms. The van der Waals surface area contributed by atoms with Crippen LogP contribution in [0, 0.1) is 0 Å². The quantitative estimate of drug-likeness (QED) is 0.726. The molecule has 2 fully saturated rings. The summed E-state index contributed by atoms with van der Waals surface area (Å²) in [5.74, 6) is -0.542. The molecule has 0 unspecified atom stereocenters. The van der Waals surface area contributed by atoms with Crippen LogP contribution >= 0.6 is 0 Å². The van der Waals surface area contributed by atoms with Crippen molar-refractivity contribution in [2.75, 3.05) is 18.6 Å². The van der Waals surface area contributed by atoms with Gasteiger partial charge in [-0.2, -0.15) is 5.06 Å². The van der Waals surface area contributed by atoms with Gasteiger partial charge in [0.15, 0.2) is 6.04 Å². The molecule has 0 aromatic heterocycles. The van der Waals surface area contributed by atoms with Gasteiger partial charge in [-0.15, -0.1) is 0 Å². The van der Waals surface area contributed by atoms with Crippen LogP contribution in [0.2, 0.25) is 0 Å². The number of hydroxylamine groups is 2. The third kappa shape index (κ3) is 1.97. The standard InChI is InChI=1S/C21H20N2O4/c1-13-21(15-10-6-7-11-16(15)22(2)20(21)25)18-19(24)26-12-17(23(18)27-13)14-8-4-3-5-9-14/h3-11,13,17-18H,12H2,1-2H3/t13-,17-,18-,21+/m1/s1. The third-order valence-corrected chi connectivity index (χ3v) is 6.07. The summed E-state index contributed by atoms with van der Waals surface area (Å²) in [6, 6.07) is 16.3. The second kappa shape index (κ2) is 5.65. The lowest BCUT2D eigenvalue weighted by atomic mass is 9.71. The van der Waals surface area contributed by atoms with E-state index in [9.17, 15) is 9.59 Å². The summed E-state index contributed by atoms with van der Waals surface area (Å²) in [4.78, 5) is 34.2. The van der Waals surface area contributed by atoms with Gasteiger partial charge < -0.3 is 9.64 Å². The second-order valence-corrected chi connectivity index (χ2v) is 7.32. The van der Waals surface area contributed by atoms with Crippen LogP contribution in [0.4, 0.5) is 5.69 Å². The van der Waals surface area contributed by atoms with Gasteiger partial charge in [0.1, 0.15) is 12.0 Å². The number of morpholine rings is 1. The average molecular weight is 364 g/mol. The van der Waals surface area contributed by atoms with Crippen LogP contribution in [0.15, 0.2) is 54.6 Å². The second-order valence-electron chi connectivity index (χ2n) is 7.32. The average Bonchev–Trinajstić information content (AvgIpc) is 3.12. The summed E-state index contributed by atoms with van der Waals surface area (Å²) in [6.45, 7) is 2.06. The van der Waals surface area contributed by atoms with Gasteiger partial charge in [-0.25, -0.2) is 0 Å². The van der Waals surface area contributed by atoms with Crippen LogP contribution in [0.25, 0.3) is 0 Å². The van der Waals surface area contributed by atoms with Crippen LogP contribution in [0.1, 0.15) is 24.1 Å². The first kappa shape index (κ1) is 16.5. The Hall–Kier alpha value is -2.70. The summed E-state index contributed by atoms with van der Waals surface area (Å²) >= 11 is 0. The van der Waals surface area contributed by atoms with Gasteiger partial charge in [-0.1, -0.05) is 48.5 Å². The fraction of sp³-hybridized carbons (Fsp3) is 0.333. The lowest BCUT2D eigenvalue weighted by molar-refractivity contribution is -0.225. The Morgan fingerprint density at radius 3 is 2.52 bits per heavy atom. The van der Waals surface area contributed by atoms with E-state index in [0.717, 1.165) is 16.8 Å². The highest BCUT2D eigenvalue weighted by Crippen LogP contribution is 2.54. The van der Waals surface area contributed by atoms with E-state index in [0.29, 0.717) is 0 Å². The first-order valence-corrected chi connectivity index (χ1v) is 9.11. The molecule has 138 valence electrons. The molecule has 6 heteroatoms. The van der Waals surface area contributed by atoms with Crippen molar-refractivity contribution in [2.24, 2.45) is 0 Å². The van der Waals surface area contributed by atoms with Gasteiger partial charge in [-0.3, -0.25) is 14.4 Å². The maximum atomic E-state index is 13.5. The zero-order valence-corrected chi connectivity index (χ0v) is 15.2. The van der Waals surface area contributed by atoms with E-state index in [1.165, 1.54) is 0 Å². The third-order valence-electron chi connectivity index (χ3n) is 6.07. The monoisotopic (exact) mass is 364 g/mol. The molecule has 6 nitrogen and oxygen atoms in total. The normalized spacial score (nSPS) is 32.5. The van der Waals surface area contributed by atoms with Gasteiger partial charge in [-0.05, 0) is 24.1 Å². The van der Waals surface area contributed by atoms with Crippen LogP contribution in [-0.2, 0) is 24.6 Å². The van der Waals surface area contributed by atoms with E-state index >= 15 is 0 Å². The molecule has 2 aromatic rings. The highest BCUT2D eigenvalue weighted by atomic mass is 16.7. The van der Waals surface area contributed by atoms with E-state index < -0.39 is 23.5 Å². The topological polar surface area (TPSA) is 59.1 Å². The van der Waals surface area contributed by atoms with Crippen molar-refractivity contribution in [1.29, 1.82) is 0 Å². The number of carbonyl (C=O) groups excluding carboxylic acids is 2. The van der Waals surface area contributed by atoms with Crippen molar-refractivity contribution in [3.63, 3.8) is 0 Å². The summed E-state index contributed by atoms with van der Waals surface area (Å²) in [5, 5.41) is 1.69. The number of likely N-dealkylation sites (N-methyl/N-ethyl adjacent to an activating group) is 1. The zero-order chi connectivity index (χ0) is 18.8. The predicted octanol–water partition coefficient (Wildman–Crippen LogP) is 2.20. The van der Waals surface area contributed by atoms with Crippen LogP contribution in [0.3, 0.4) is 0 Å². The molecule has 0 radical (unpaired) electrons. The first-order valence-electron chi connectivity index (χ1n) is 9.11. The molecular weight excluding hydrogens is 344 g/mol. The maximum Gasteiger partial charge on any atom is 0.327 e. The van der Waals surface area contributed by atoms with Crippen LogP contribution in [0.5, 0.6) is 0 Å². The Kier molecular flexibility index (Phi) is 3.44. The molecule has 27 heavy (non-hydrogen) atoms. The number of hydrogen-bond donors (Lipinski definition) is 0. The summed E-state index contributed by atoms with van der Waals surface area (Å²) in [5.41, 5.74) is 1.53. The summed E-state index contributed by atoms with van der Waals surface area (Å²) < 4.78 is 5.56. The van der Waals surface area contributed by atoms with Crippen molar-refractivity contribution in [3.05, 3.63) is 65.7 Å². The van der Waals surface area contributed by atoms with E-state index in [-0.39, 0.29) is 18.6 Å². The Morgan fingerprint density at radius 1 is 1.04 bits per heavy atom. The number of ether oxygens (including phenoxy) is 1. The lowest BCUT2D eigenvalue weighted by Gasteiger charge is -2.38. The largest absolute Gasteiger partial charge is 0.462 e. The Balaban J connectivity index is 1.68. The number of fused-ring (bicyclic) bond motifs is 4. The molecule has 1 amide bonds. The van der Waals surface area contributed by atoms with Gasteiger partial charge in [0, 0.05) is 12.7 Å². The van der Waals surface area contributed by atoms with Crippen LogP contribution < -0.4 is 4.90 Å². The van der Waals surface area contributed by atoms with Gasteiger partial charge >= 0.3 is 5.97 Å². The minimum Gasteiger partial charge on any atom is -0.462 e. The molecule has 4 atom stereocenters. The number of nitrogens with zero attached hydrogens (tertiary/aromatic N) is 2. The summed E-state index contributed by atoms with van der Waals surface area (Å²) in [7, 11) is 1.74. The molecule has 2 saturated heterocycles. The van der Waals surface area contributed by atoms with Crippen molar-refractivity contribution >= 4 is 17.6 Å². The van der Waals surface area contributed by atoms with E-state index in [1.807, 2.05) is 61.5 Å². The number of hydrogen-bond acceptors (Lipinski definition) is 5. The highest BCUT2D eigenvalue weighted by molar-refractivity contribution is 6.11. The lowest BCUT2D eigenvalue weighted by Crippen LogP contribution is -2.59. The van der Waals surface area contributed by atoms with Gasteiger partial charge in [0.05, 0.1) is 12.1 Å². The maximum absolute atomic E-state index is 13.5. The van der Waals surface area contributed by atoms with Crippen molar-refractivity contribution in [2.45, 2.75) is 30.5 Å². The van der Waals surface area contributed by atoms with Gasteiger partial charge in [0.2, 0.25) is 5.91 Å². The highest BCUT2D eigenvalue weighted by Gasteiger charge is 2.69. The Bertz CT molecular complexity index is 931. The number of anilines is 1. The molecule has 0 N–H and O–H groups in total. The summed E-state index contributed by atoms with van der Waals surface area (Å²) in [6.07, 6.45) is -0.488. The minimum absolute atomic E-state index is 0.130. The van der Waals surface area contributed by atoms with Crippen molar-refractivity contribution in [1.82, 2.24) is 5.06 Å². The molecule has 5 rings (SSSR count). The van der Waals surface area contributed by atoms with E-state index in [2.05, 4.69) is 0 Å². The van der Waals surface area contributed by atoms with Gasteiger partial charge in [0.25, 0.3) is 0 Å². The Labute approximate surface area is 157 Å². The van der Waals surface area contributed by atoms with Crippen molar-refractivity contribution < 1.29 is 19.2 Å². The predicted molar refractivity (Wildman–Crippen MR) is 97.8 cm³/mol. The fourth-order valence-electron chi connectivity index (χ4n) is 4.80. The van der Waals surface area contributed by atoms with E-state index in [1.54, 1.807) is 17.0 Å². The molecule has 3 aliphatic heterocycles. The Morgan fingerprint density at radius 2 is 1.74 bits per heavy atom. The molecule has 0 saturated carbocycles. The number of esters is 1. The van der Waals surface area contributed by atoms with Crippen LogP contribution in [-0.4, -0.2) is 42.7 Å². The SMILES string of the molecule is C[C@H]1ON2[C@@H](c3ccccc3)COC(=O)[C@@H]2[C@]12C(=O)N(C)c1ccccc12. The molecule has 0 aliphatic carbocycles. The number of carbonyl (C=O) groups is 2. The number of benzene rings is 2. The zero-order valence-electron chi connectivity index (χ0n) is 15.2. The molecular formula is C21H20N2O4. The number of para-hydroxylation sites is 1.